The van der Waals surface area contributed by atoms with E-state index in [0.29, 0.717) is 7.14 Å². The third-order valence-electron chi connectivity index (χ3n) is 4.51. The number of hydrogen-bond acceptors (Lipinski definition) is 4. The van der Waals surface area contributed by atoms with E-state index in [1.807, 2.05) is 65.8 Å². The van der Waals surface area contributed by atoms with Crippen LogP contribution in [0.3, 0.4) is 0 Å². The van der Waals surface area contributed by atoms with Gasteiger partial charge in [-0.2, -0.15) is 0 Å². The molecule has 2 aromatic carbocycles. The van der Waals surface area contributed by atoms with Crippen molar-refractivity contribution in [2.24, 2.45) is 0 Å². The van der Waals surface area contributed by atoms with Crippen molar-refractivity contribution < 1.29 is 24.8 Å². The maximum atomic E-state index is 13.8. The second kappa shape index (κ2) is 8.80. The van der Waals surface area contributed by atoms with Crippen LogP contribution in [-0.4, -0.2) is 25.4 Å². The van der Waals surface area contributed by atoms with Gasteiger partial charge in [-0.3, -0.25) is 0 Å². The summed E-state index contributed by atoms with van der Waals surface area (Å²) < 4.78 is 58.3. The molecule has 0 saturated carbocycles. The van der Waals surface area contributed by atoms with Crippen LogP contribution in [0.2, 0.25) is 0 Å². The molecule has 0 spiro atoms. The van der Waals surface area contributed by atoms with Gasteiger partial charge < -0.3 is 0 Å². The molecule has 8 heteroatoms. The molecule has 0 unspecified atom stereocenters. The fourth-order valence-electron chi connectivity index (χ4n) is 2.54. The Kier molecular flexibility index (Phi) is 7.38. The quantitative estimate of drug-likeness (QED) is 0.468. The van der Waals surface area contributed by atoms with E-state index in [4.69, 9.17) is 7.62 Å². The van der Waals surface area contributed by atoms with Crippen LogP contribution < -0.4 is 0 Å². The average molecular weight is 554 g/mol. The van der Waals surface area contributed by atoms with Gasteiger partial charge in [-0.05, 0) is 0 Å². The van der Waals surface area contributed by atoms with E-state index in [1.54, 1.807) is 24.3 Å². The zero-order chi connectivity index (χ0) is 23.0. The molecule has 0 bridgehead atoms. The molecule has 0 heterocycles. The summed E-state index contributed by atoms with van der Waals surface area (Å²) in [6, 6.07) is 14.4. The predicted octanol–water partition coefficient (Wildman–Crippen LogP) is 5.67. The van der Waals surface area contributed by atoms with Gasteiger partial charge in [-0.1, -0.05) is 0 Å². The fraction of sp³-hybridized carbons (Fsp3) is 0.455. The minimum absolute atomic E-state index is 0.108. The number of alkyl halides is 2. The Hall–Kier alpha value is -1.10. The van der Waals surface area contributed by atoms with Crippen LogP contribution in [0.4, 0.5) is 8.78 Å². The number of aliphatic hydroxyl groups excluding tert-OH is 1. The summed E-state index contributed by atoms with van der Waals surface area (Å²) >= 11 is -3.24. The molecule has 0 aliphatic heterocycles. The van der Waals surface area contributed by atoms with Crippen LogP contribution in [0, 0.1) is 7.14 Å². The van der Waals surface area contributed by atoms with Gasteiger partial charge in [0.2, 0.25) is 0 Å². The number of aliphatic hydroxyl groups is 1. The molecule has 0 fully saturated rings. The first-order valence-electron chi connectivity index (χ1n) is 9.43. The van der Waals surface area contributed by atoms with Crippen LogP contribution in [0.25, 0.3) is 0 Å². The molecule has 0 aliphatic rings. The van der Waals surface area contributed by atoms with Gasteiger partial charge in [0.1, 0.15) is 0 Å². The molecular weight excluding hydrogens is 525 g/mol. The van der Waals surface area contributed by atoms with E-state index in [0.717, 1.165) is 11.1 Å². The molecule has 1 N–H and O–H groups in total. The van der Waals surface area contributed by atoms with E-state index in [-0.39, 0.29) is 10.8 Å². The Morgan fingerprint density at radius 2 is 1.13 bits per heavy atom. The van der Waals surface area contributed by atoms with E-state index < -0.39 is 42.2 Å². The molecule has 4 nitrogen and oxygen atoms in total. The third kappa shape index (κ3) is 5.77. The van der Waals surface area contributed by atoms with E-state index >= 15 is 0 Å². The summed E-state index contributed by atoms with van der Waals surface area (Å²) in [6.07, 6.45) is 0. The van der Waals surface area contributed by atoms with Crippen LogP contribution in [-0.2, 0) is 23.5 Å². The second-order valence-electron chi connectivity index (χ2n) is 9.08. The molecule has 0 atom stereocenters. The van der Waals surface area contributed by atoms with Crippen LogP contribution >= 0.6 is 20.2 Å². The molecule has 0 saturated heterocycles. The first-order valence-corrected chi connectivity index (χ1v) is 13.9. The SMILES string of the molecule is CC(C)(C)c1ccc(I(OS(=O)(=O)C(F)(F)CO)c2ccc(C(C)(C)C)cc2)cc1. The standard InChI is InChI=1S/C22H29F2IO4S/c1-20(2,3)16-7-11-18(12-8-16)25(29-30(27,28)22(23,24)15-26)19-13-9-17(10-14-19)21(4,5)6/h7-14,26H,15H2,1-6H3. The van der Waals surface area contributed by atoms with Gasteiger partial charge in [-0.15, -0.1) is 0 Å². The monoisotopic (exact) mass is 554 g/mol. The Balaban J connectivity index is 2.53. The van der Waals surface area contributed by atoms with Crippen molar-refractivity contribution in [3.8, 4) is 0 Å². The van der Waals surface area contributed by atoms with Crippen LogP contribution in [0.15, 0.2) is 48.5 Å². The Bertz CT molecular complexity index is 901. The minimum atomic E-state index is -5.30. The topological polar surface area (TPSA) is 63.6 Å². The van der Waals surface area contributed by atoms with Crippen molar-refractivity contribution >= 4 is 30.4 Å². The van der Waals surface area contributed by atoms with E-state index in [9.17, 15) is 17.2 Å². The molecular formula is C22H29F2IO4S. The molecule has 30 heavy (non-hydrogen) atoms. The first-order chi connectivity index (χ1) is 13.6. The van der Waals surface area contributed by atoms with Gasteiger partial charge in [-0.25, -0.2) is 0 Å². The number of hydrogen-bond donors (Lipinski definition) is 1. The summed E-state index contributed by atoms with van der Waals surface area (Å²) in [5, 5.41) is 4.48. The zero-order valence-electron chi connectivity index (χ0n) is 18.0. The van der Waals surface area contributed by atoms with E-state index in [2.05, 4.69) is 0 Å². The van der Waals surface area contributed by atoms with Gasteiger partial charge >= 0.3 is 186 Å². The molecule has 2 rings (SSSR count). The molecule has 0 amide bonds. The summed E-state index contributed by atoms with van der Waals surface area (Å²) in [7, 11) is -5.30. The Morgan fingerprint density at radius 3 is 1.40 bits per heavy atom. The summed E-state index contributed by atoms with van der Waals surface area (Å²) in [5.41, 5.74) is 1.85. The molecule has 0 radical (unpaired) electrons. The second-order valence-corrected chi connectivity index (χ2v) is 15.7. The fourth-order valence-corrected chi connectivity index (χ4v) is 9.30. The molecule has 0 aromatic heterocycles. The summed E-state index contributed by atoms with van der Waals surface area (Å²) in [5.74, 6) is 0. The zero-order valence-corrected chi connectivity index (χ0v) is 21.0. The van der Waals surface area contributed by atoms with Gasteiger partial charge in [0, 0.05) is 0 Å². The van der Waals surface area contributed by atoms with Crippen LogP contribution in [0.5, 0.6) is 0 Å². The van der Waals surface area contributed by atoms with Crippen molar-refractivity contribution in [3.63, 3.8) is 0 Å². The van der Waals surface area contributed by atoms with Gasteiger partial charge in [0.05, 0.1) is 0 Å². The Labute approximate surface area is 185 Å². The maximum absolute atomic E-state index is 13.8. The van der Waals surface area contributed by atoms with Gasteiger partial charge in [0.15, 0.2) is 0 Å². The molecule has 2 aromatic rings. The first kappa shape index (κ1) is 25.2. The van der Waals surface area contributed by atoms with Crippen molar-refractivity contribution in [2.45, 2.75) is 57.6 Å². The van der Waals surface area contributed by atoms with Crippen molar-refractivity contribution in [2.75, 3.05) is 6.61 Å². The number of benzene rings is 2. The molecule has 168 valence electrons. The number of halogens is 3. The normalized spacial score (nSPS) is 14.0. The van der Waals surface area contributed by atoms with Crippen molar-refractivity contribution in [1.82, 2.24) is 0 Å². The predicted molar refractivity (Wildman–Crippen MR) is 124 cm³/mol. The van der Waals surface area contributed by atoms with E-state index in [1.165, 1.54) is 0 Å². The van der Waals surface area contributed by atoms with Crippen molar-refractivity contribution in [1.29, 1.82) is 0 Å². The summed E-state index contributed by atoms with van der Waals surface area (Å²) in [4.78, 5) is 0. The average Bonchev–Trinajstić information content (AvgIpc) is 2.65. The van der Waals surface area contributed by atoms with Crippen molar-refractivity contribution in [3.05, 3.63) is 66.8 Å². The molecule has 0 aliphatic carbocycles. The summed E-state index contributed by atoms with van der Waals surface area (Å²) in [6.45, 7) is 10.5. The third-order valence-corrected chi connectivity index (χ3v) is 11.9. The number of rotatable bonds is 6. The Morgan fingerprint density at radius 1 is 0.800 bits per heavy atom. The van der Waals surface area contributed by atoms with Crippen LogP contribution in [0.1, 0.15) is 52.7 Å². The van der Waals surface area contributed by atoms with Gasteiger partial charge in [0.25, 0.3) is 0 Å².